The molecule has 1 aromatic carbocycles. The van der Waals surface area contributed by atoms with E-state index < -0.39 is 0 Å². The first-order chi connectivity index (χ1) is 13.1. The molecule has 0 aliphatic carbocycles. The fraction of sp³-hybridized carbons (Fsp3) is 0.300. The summed E-state index contributed by atoms with van der Waals surface area (Å²) in [7, 11) is 0. The molecule has 0 saturated heterocycles. The van der Waals surface area contributed by atoms with Crippen molar-refractivity contribution in [3.8, 4) is 17.1 Å². The van der Waals surface area contributed by atoms with Gasteiger partial charge in [-0.25, -0.2) is 0 Å². The number of pyridine rings is 1. The number of ether oxygens (including phenoxy) is 1. The number of aryl methyl sites for hydroxylation is 1. The fourth-order valence-electron chi connectivity index (χ4n) is 2.35. The van der Waals surface area contributed by atoms with Crippen molar-refractivity contribution in [2.75, 3.05) is 5.32 Å². The number of nitrogens with zero attached hydrogens (tertiary/aromatic N) is 3. The zero-order valence-corrected chi connectivity index (χ0v) is 15.4. The molecule has 7 heteroatoms. The molecule has 140 valence electrons. The Morgan fingerprint density at radius 1 is 1.26 bits per heavy atom. The third kappa shape index (κ3) is 5.37. The van der Waals surface area contributed by atoms with Crippen molar-refractivity contribution in [3.05, 3.63) is 54.7 Å². The van der Waals surface area contributed by atoms with E-state index in [-0.39, 0.29) is 18.4 Å². The molecule has 1 N–H and O–H groups in total. The Bertz CT molecular complexity index is 862. The zero-order valence-electron chi connectivity index (χ0n) is 15.4. The van der Waals surface area contributed by atoms with Gasteiger partial charge in [0, 0.05) is 36.5 Å². The molecule has 0 bridgehead atoms. The normalized spacial score (nSPS) is 11.8. The van der Waals surface area contributed by atoms with Crippen LogP contribution in [0.3, 0.4) is 0 Å². The molecule has 0 fully saturated rings. The van der Waals surface area contributed by atoms with Gasteiger partial charge in [-0.1, -0.05) is 12.1 Å². The second-order valence-electron chi connectivity index (χ2n) is 6.16. The molecule has 3 aromatic rings. The molecule has 0 spiro atoms. The van der Waals surface area contributed by atoms with Gasteiger partial charge in [-0.15, -0.1) is 0 Å². The van der Waals surface area contributed by atoms with Gasteiger partial charge in [-0.3, -0.25) is 9.78 Å². The maximum Gasteiger partial charge on any atom is 0.227 e. The molecule has 27 heavy (non-hydrogen) atoms. The number of rotatable bonds is 8. The first-order valence-electron chi connectivity index (χ1n) is 8.93. The number of hydrogen-bond acceptors (Lipinski definition) is 6. The van der Waals surface area contributed by atoms with Gasteiger partial charge >= 0.3 is 0 Å². The van der Waals surface area contributed by atoms with Crippen LogP contribution in [0.5, 0.6) is 5.75 Å². The van der Waals surface area contributed by atoms with Gasteiger partial charge in [-0.2, -0.15) is 4.98 Å². The number of hydrogen-bond donors (Lipinski definition) is 1. The number of anilines is 1. The van der Waals surface area contributed by atoms with Crippen molar-refractivity contribution in [2.24, 2.45) is 0 Å². The summed E-state index contributed by atoms with van der Waals surface area (Å²) < 4.78 is 10.9. The highest BCUT2D eigenvalue weighted by Crippen LogP contribution is 2.18. The van der Waals surface area contributed by atoms with Gasteiger partial charge in [0.05, 0.1) is 6.10 Å². The van der Waals surface area contributed by atoms with E-state index in [0.29, 0.717) is 18.1 Å². The first kappa shape index (κ1) is 18.6. The largest absolute Gasteiger partial charge is 0.491 e. The maximum atomic E-state index is 12.1. The second-order valence-corrected chi connectivity index (χ2v) is 6.16. The summed E-state index contributed by atoms with van der Waals surface area (Å²) in [5, 5.41) is 6.77. The maximum absolute atomic E-state index is 12.1. The van der Waals surface area contributed by atoms with Crippen LogP contribution in [0.25, 0.3) is 11.4 Å². The smallest absolute Gasteiger partial charge is 0.227 e. The lowest BCUT2D eigenvalue weighted by atomic mass is 10.2. The number of amides is 1. The minimum absolute atomic E-state index is 0.119. The van der Waals surface area contributed by atoms with Crippen molar-refractivity contribution in [3.63, 3.8) is 0 Å². The van der Waals surface area contributed by atoms with E-state index >= 15 is 0 Å². The molecule has 0 unspecified atom stereocenters. The van der Waals surface area contributed by atoms with E-state index in [4.69, 9.17) is 9.26 Å². The lowest BCUT2D eigenvalue weighted by Gasteiger charge is -2.13. The molecule has 0 aliphatic heterocycles. The van der Waals surface area contributed by atoms with Crippen LogP contribution in [0.2, 0.25) is 0 Å². The number of carbonyl (C=O) groups excluding carboxylic acids is 1. The fourth-order valence-corrected chi connectivity index (χ4v) is 2.35. The molecular weight excluding hydrogens is 344 g/mol. The monoisotopic (exact) mass is 366 g/mol. The highest BCUT2D eigenvalue weighted by molar-refractivity contribution is 5.90. The average Bonchev–Trinajstić information content (AvgIpc) is 3.17. The molecule has 1 amide bonds. The number of nitrogens with one attached hydrogen (secondary N) is 1. The number of aromatic nitrogens is 3. The van der Waals surface area contributed by atoms with Gasteiger partial charge in [0.25, 0.3) is 0 Å². The Morgan fingerprint density at radius 2 is 2.07 bits per heavy atom. The Hall–Kier alpha value is -3.22. The van der Waals surface area contributed by atoms with Crippen LogP contribution in [0.4, 0.5) is 5.69 Å². The summed E-state index contributed by atoms with van der Waals surface area (Å²) in [5.74, 6) is 1.56. The third-order valence-electron chi connectivity index (χ3n) is 4.00. The first-order valence-corrected chi connectivity index (χ1v) is 8.93. The SMILES string of the molecule is CC[C@@H](C)Oc1ccc(NC(=O)CCc2nc(-c3cccnc3)no2)cc1. The molecular formula is C20H22N4O3. The molecule has 7 nitrogen and oxygen atoms in total. The Morgan fingerprint density at radius 3 is 2.78 bits per heavy atom. The highest BCUT2D eigenvalue weighted by atomic mass is 16.5. The quantitative estimate of drug-likeness (QED) is 0.651. The van der Waals surface area contributed by atoms with Crippen molar-refractivity contribution in [1.82, 2.24) is 15.1 Å². The van der Waals surface area contributed by atoms with Crippen molar-refractivity contribution >= 4 is 11.6 Å². The van der Waals surface area contributed by atoms with Gasteiger partial charge in [-0.05, 0) is 49.7 Å². The van der Waals surface area contributed by atoms with Crippen molar-refractivity contribution < 1.29 is 14.1 Å². The molecule has 0 radical (unpaired) electrons. The van der Waals surface area contributed by atoms with Crippen LogP contribution < -0.4 is 10.1 Å². The summed E-state index contributed by atoms with van der Waals surface area (Å²) in [6.45, 7) is 4.09. The van der Waals surface area contributed by atoms with E-state index in [2.05, 4.69) is 27.4 Å². The standard InChI is InChI=1S/C20H22N4O3/c1-3-14(2)26-17-8-6-16(7-9-17)22-18(25)10-11-19-23-20(24-27-19)15-5-4-12-21-13-15/h4-9,12-14H,3,10-11H2,1-2H3,(H,22,25)/t14-/m1/s1. The summed E-state index contributed by atoms with van der Waals surface area (Å²) >= 11 is 0. The summed E-state index contributed by atoms with van der Waals surface area (Å²) in [5.41, 5.74) is 1.50. The molecule has 2 heterocycles. The second kappa shape index (κ2) is 8.93. The van der Waals surface area contributed by atoms with E-state index in [9.17, 15) is 4.79 Å². The van der Waals surface area contributed by atoms with Crippen LogP contribution in [0.15, 0.2) is 53.3 Å². The Kier molecular flexibility index (Phi) is 6.14. The van der Waals surface area contributed by atoms with E-state index in [1.807, 2.05) is 37.3 Å². The summed E-state index contributed by atoms with van der Waals surface area (Å²) in [6, 6.07) is 11.0. The van der Waals surface area contributed by atoms with Gasteiger partial charge in [0.1, 0.15) is 5.75 Å². The topological polar surface area (TPSA) is 90.1 Å². The lowest BCUT2D eigenvalue weighted by Crippen LogP contribution is -2.13. The van der Waals surface area contributed by atoms with Crippen LogP contribution in [-0.2, 0) is 11.2 Å². The van der Waals surface area contributed by atoms with E-state index in [1.54, 1.807) is 18.5 Å². The zero-order chi connectivity index (χ0) is 19.1. The lowest BCUT2D eigenvalue weighted by molar-refractivity contribution is -0.116. The number of benzene rings is 1. The minimum Gasteiger partial charge on any atom is -0.491 e. The Balaban J connectivity index is 1.49. The van der Waals surface area contributed by atoms with Crippen LogP contribution >= 0.6 is 0 Å². The molecule has 1 atom stereocenters. The highest BCUT2D eigenvalue weighted by Gasteiger charge is 2.11. The van der Waals surface area contributed by atoms with Crippen molar-refractivity contribution in [1.29, 1.82) is 0 Å². The van der Waals surface area contributed by atoms with Crippen LogP contribution in [0.1, 0.15) is 32.6 Å². The minimum atomic E-state index is -0.119. The molecule has 2 aromatic heterocycles. The van der Waals surface area contributed by atoms with Gasteiger partial charge in [0.2, 0.25) is 17.6 Å². The van der Waals surface area contributed by atoms with Crippen molar-refractivity contribution in [2.45, 2.75) is 39.2 Å². The summed E-state index contributed by atoms with van der Waals surface area (Å²) in [4.78, 5) is 20.4. The predicted molar refractivity (Wildman–Crippen MR) is 101 cm³/mol. The average molecular weight is 366 g/mol. The predicted octanol–water partition coefficient (Wildman–Crippen LogP) is 3.88. The van der Waals surface area contributed by atoms with E-state index in [1.165, 1.54) is 0 Å². The summed E-state index contributed by atoms with van der Waals surface area (Å²) in [6.07, 6.45) is 5.06. The van der Waals surface area contributed by atoms with Crippen LogP contribution in [0, 0.1) is 0 Å². The van der Waals surface area contributed by atoms with Gasteiger partial charge < -0.3 is 14.6 Å². The molecule has 3 rings (SSSR count). The van der Waals surface area contributed by atoms with E-state index in [0.717, 1.165) is 23.4 Å². The molecule has 0 aliphatic rings. The molecule has 0 saturated carbocycles. The third-order valence-corrected chi connectivity index (χ3v) is 4.00. The van der Waals surface area contributed by atoms with Gasteiger partial charge in [0.15, 0.2) is 0 Å². The Labute approximate surface area is 157 Å². The van der Waals surface area contributed by atoms with Crippen LogP contribution in [-0.4, -0.2) is 27.1 Å². The number of carbonyl (C=O) groups is 1.